The Labute approximate surface area is 95.8 Å². The van der Waals surface area contributed by atoms with Gasteiger partial charge < -0.3 is 9.47 Å². The monoisotopic (exact) mass is 222 g/mol. The fourth-order valence-electron chi connectivity index (χ4n) is 4.27. The van der Waals surface area contributed by atoms with Crippen molar-refractivity contribution in [3.8, 4) is 0 Å². The van der Waals surface area contributed by atoms with E-state index in [2.05, 4.69) is 10.8 Å². The Hall–Kier alpha value is -0.830. The van der Waals surface area contributed by atoms with Crippen molar-refractivity contribution in [1.82, 2.24) is 0 Å². The molecule has 88 valence electrons. The van der Waals surface area contributed by atoms with Crippen LogP contribution < -0.4 is 0 Å². The SMILES string of the molecule is COC(=O)/C=C/C12CCC3(OC)CCC13C2. The molecule has 0 aliphatic heterocycles. The van der Waals surface area contributed by atoms with Crippen LogP contribution in [-0.4, -0.2) is 25.8 Å². The first-order valence-corrected chi connectivity index (χ1v) is 5.96. The normalized spacial score (nSPS) is 48.4. The molecule has 1 spiro atoms. The van der Waals surface area contributed by atoms with E-state index in [0.29, 0.717) is 5.41 Å². The standard InChI is InChI=1S/C13H18O3/c1-15-10(14)3-4-11-5-7-13(16-2)8-6-12(11,13)9-11/h3-4H,5-9H2,1-2H3/b4-3+. The largest absolute Gasteiger partial charge is 0.466 e. The zero-order valence-corrected chi connectivity index (χ0v) is 9.91. The summed E-state index contributed by atoms with van der Waals surface area (Å²) in [4.78, 5) is 11.1. The second kappa shape index (κ2) is 2.89. The summed E-state index contributed by atoms with van der Waals surface area (Å²) >= 11 is 0. The van der Waals surface area contributed by atoms with Gasteiger partial charge in [0.05, 0.1) is 12.7 Å². The molecular formula is C13H18O3. The smallest absolute Gasteiger partial charge is 0.330 e. The fraction of sp³-hybridized carbons (Fsp3) is 0.769. The number of rotatable bonds is 3. The van der Waals surface area contributed by atoms with Crippen molar-refractivity contribution >= 4 is 5.97 Å². The molecule has 0 aromatic heterocycles. The van der Waals surface area contributed by atoms with E-state index in [-0.39, 0.29) is 17.0 Å². The highest BCUT2D eigenvalue weighted by Gasteiger charge is 2.83. The molecule has 3 nitrogen and oxygen atoms in total. The third-order valence-corrected chi connectivity index (χ3v) is 5.38. The van der Waals surface area contributed by atoms with Crippen LogP contribution in [0.4, 0.5) is 0 Å². The average Bonchev–Trinajstić information content (AvgIpc) is 2.94. The number of carbonyl (C=O) groups excluding carboxylic acids is 1. The first-order chi connectivity index (χ1) is 7.64. The van der Waals surface area contributed by atoms with Crippen molar-refractivity contribution in [2.45, 2.75) is 37.7 Å². The van der Waals surface area contributed by atoms with Crippen LogP contribution in [0.15, 0.2) is 12.2 Å². The van der Waals surface area contributed by atoms with E-state index >= 15 is 0 Å². The summed E-state index contributed by atoms with van der Waals surface area (Å²) in [6.07, 6.45) is 9.63. The van der Waals surface area contributed by atoms with E-state index in [0.717, 1.165) is 12.8 Å². The molecule has 0 aromatic carbocycles. The van der Waals surface area contributed by atoms with E-state index in [1.54, 1.807) is 6.08 Å². The summed E-state index contributed by atoms with van der Waals surface area (Å²) in [7, 11) is 3.25. The van der Waals surface area contributed by atoms with Crippen LogP contribution in [0, 0.1) is 10.8 Å². The Morgan fingerprint density at radius 3 is 2.44 bits per heavy atom. The van der Waals surface area contributed by atoms with E-state index in [9.17, 15) is 4.79 Å². The Bertz CT molecular complexity index is 367. The molecule has 3 saturated carbocycles. The Morgan fingerprint density at radius 2 is 1.94 bits per heavy atom. The van der Waals surface area contributed by atoms with E-state index in [4.69, 9.17) is 4.74 Å². The molecule has 3 aliphatic rings. The predicted octanol–water partition coefficient (Wildman–Crippen LogP) is 2.06. The third-order valence-electron chi connectivity index (χ3n) is 5.38. The van der Waals surface area contributed by atoms with E-state index in [1.165, 1.54) is 26.4 Å². The Morgan fingerprint density at radius 1 is 1.19 bits per heavy atom. The van der Waals surface area contributed by atoms with Gasteiger partial charge in [0.1, 0.15) is 0 Å². The summed E-state index contributed by atoms with van der Waals surface area (Å²) < 4.78 is 10.4. The Kier molecular flexibility index (Phi) is 1.87. The molecule has 3 aliphatic carbocycles. The molecule has 3 rings (SSSR count). The highest BCUT2D eigenvalue weighted by Crippen LogP contribution is 2.86. The summed E-state index contributed by atoms with van der Waals surface area (Å²) in [5.74, 6) is -0.245. The van der Waals surface area contributed by atoms with Gasteiger partial charge in [0.25, 0.3) is 0 Å². The number of esters is 1. The molecule has 0 saturated heterocycles. The van der Waals surface area contributed by atoms with Crippen molar-refractivity contribution in [3.05, 3.63) is 12.2 Å². The van der Waals surface area contributed by atoms with Gasteiger partial charge in [-0.2, -0.15) is 0 Å². The number of allylic oxidation sites excluding steroid dienone is 1. The minimum Gasteiger partial charge on any atom is -0.466 e. The molecule has 3 heteroatoms. The fourth-order valence-corrected chi connectivity index (χ4v) is 4.27. The number of methoxy groups -OCH3 is 2. The first-order valence-electron chi connectivity index (χ1n) is 5.96. The van der Waals surface area contributed by atoms with Gasteiger partial charge in [0.15, 0.2) is 0 Å². The van der Waals surface area contributed by atoms with Gasteiger partial charge in [-0.05, 0) is 37.5 Å². The molecule has 3 fully saturated rings. The van der Waals surface area contributed by atoms with Gasteiger partial charge in [-0.25, -0.2) is 4.79 Å². The van der Waals surface area contributed by atoms with Crippen molar-refractivity contribution in [1.29, 1.82) is 0 Å². The lowest BCUT2D eigenvalue weighted by Gasteiger charge is -2.47. The summed E-state index contributed by atoms with van der Waals surface area (Å²) in [5, 5.41) is 0. The number of hydrogen-bond donors (Lipinski definition) is 0. The zero-order chi connectivity index (χ0) is 11.4. The lowest BCUT2D eigenvalue weighted by atomic mass is 9.65. The lowest BCUT2D eigenvalue weighted by molar-refractivity contribution is -0.135. The van der Waals surface area contributed by atoms with Crippen molar-refractivity contribution in [2.24, 2.45) is 10.8 Å². The molecule has 0 radical (unpaired) electrons. The molecule has 0 bridgehead atoms. The van der Waals surface area contributed by atoms with Gasteiger partial charge >= 0.3 is 5.97 Å². The van der Waals surface area contributed by atoms with Crippen LogP contribution in [0.2, 0.25) is 0 Å². The van der Waals surface area contributed by atoms with E-state index in [1.807, 2.05) is 7.11 Å². The molecule has 3 atom stereocenters. The third kappa shape index (κ3) is 0.915. The summed E-state index contributed by atoms with van der Waals surface area (Å²) in [5.41, 5.74) is 0.738. The van der Waals surface area contributed by atoms with Crippen LogP contribution in [0.25, 0.3) is 0 Å². The summed E-state index contributed by atoms with van der Waals surface area (Å²) in [6, 6.07) is 0. The number of ether oxygens (including phenoxy) is 2. The first kappa shape index (κ1) is 10.3. The van der Waals surface area contributed by atoms with Gasteiger partial charge in [-0.15, -0.1) is 0 Å². The second-order valence-corrected chi connectivity index (χ2v) is 5.47. The van der Waals surface area contributed by atoms with Crippen LogP contribution in [-0.2, 0) is 14.3 Å². The average molecular weight is 222 g/mol. The highest BCUT2D eigenvalue weighted by molar-refractivity contribution is 5.82. The molecule has 0 amide bonds. The molecular weight excluding hydrogens is 204 g/mol. The molecule has 0 aromatic rings. The topological polar surface area (TPSA) is 35.5 Å². The quantitative estimate of drug-likeness (QED) is 0.541. The minimum atomic E-state index is -0.245. The van der Waals surface area contributed by atoms with Crippen LogP contribution in [0.3, 0.4) is 0 Å². The van der Waals surface area contributed by atoms with Gasteiger partial charge in [0, 0.05) is 18.6 Å². The lowest BCUT2D eigenvalue weighted by Crippen LogP contribution is -2.49. The zero-order valence-electron chi connectivity index (χ0n) is 9.91. The van der Waals surface area contributed by atoms with Crippen molar-refractivity contribution in [3.63, 3.8) is 0 Å². The molecule has 3 unspecified atom stereocenters. The molecule has 0 N–H and O–H groups in total. The summed E-state index contributed by atoms with van der Waals surface area (Å²) in [6.45, 7) is 0. The van der Waals surface area contributed by atoms with Crippen LogP contribution >= 0.6 is 0 Å². The Balaban J connectivity index is 1.80. The minimum absolute atomic E-state index is 0.132. The number of carbonyl (C=O) groups is 1. The maximum absolute atomic E-state index is 11.1. The van der Waals surface area contributed by atoms with Gasteiger partial charge in [0.2, 0.25) is 0 Å². The maximum atomic E-state index is 11.1. The van der Waals surface area contributed by atoms with Crippen LogP contribution in [0.5, 0.6) is 0 Å². The molecule has 0 heterocycles. The van der Waals surface area contributed by atoms with Gasteiger partial charge in [-0.3, -0.25) is 0 Å². The maximum Gasteiger partial charge on any atom is 0.330 e. The number of hydrogen-bond acceptors (Lipinski definition) is 3. The predicted molar refractivity (Wildman–Crippen MR) is 58.8 cm³/mol. The van der Waals surface area contributed by atoms with Gasteiger partial charge in [-0.1, -0.05) is 6.08 Å². The highest BCUT2D eigenvalue weighted by atomic mass is 16.5. The second-order valence-electron chi connectivity index (χ2n) is 5.47. The van der Waals surface area contributed by atoms with Crippen molar-refractivity contribution in [2.75, 3.05) is 14.2 Å². The van der Waals surface area contributed by atoms with Crippen molar-refractivity contribution < 1.29 is 14.3 Å². The van der Waals surface area contributed by atoms with Crippen LogP contribution in [0.1, 0.15) is 32.1 Å². The molecule has 16 heavy (non-hydrogen) atoms. The van der Waals surface area contributed by atoms with E-state index < -0.39 is 0 Å².